The number of thiazole rings is 1. The van der Waals surface area contributed by atoms with Gasteiger partial charge in [-0.05, 0) is 68.5 Å². The van der Waals surface area contributed by atoms with Gasteiger partial charge in [0.15, 0.2) is 5.13 Å². The summed E-state index contributed by atoms with van der Waals surface area (Å²) in [6, 6.07) is 11.6. The largest absolute Gasteiger partial charge is 0.417 e. The van der Waals surface area contributed by atoms with Crippen LogP contribution in [-0.4, -0.2) is 60.7 Å². The summed E-state index contributed by atoms with van der Waals surface area (Å²) in [6.45, 7) is 4.80. The van der Waals surface area contributed by atoms with Gasteiger partial charge >= 0.3 is 6.18 Å². The van der Waals surface area contributed by atoms with Crippen LogP contribution in [0.2, 0.25) is 0 Å². The first kappa shape index (κ1) is 27.2. The Bertz CT molecular complexity index is 1370. The first-order valence-electron chi connectivity index (χ1n) is 13.1. The second kappa shape index (κ2) is 11.4. The highest BCUT2D eigenvalue weighted by atomic mass is 32.1. The Balaban J connectivity index is 1.05. The molecular formula is C28H30F3N5O2S. The molecule has 1 aromatic heterocycles. The normalized spacial score (nSPS) is 20.2. The van der Waals surface area contributed by atoms with Gasteiger partial charge in [0.05, 0.1) is 33.5 Å². The number of halogens is 3. The van der Waals surface area contributed by atoms with E-state index in [1.807, 2.05) is 4.90 Å². The molecule has 1 aliphatic carbocycles. The van der Waals surface area contributed by atoms with E-state index >= 15 is 0 Å². The summed E-state index contributed by atoms with van der Waals surface area (Å²) in [5.74, 6) is -0.0212. The summed E-state index contributed by atoms with van der Waals surface area (Å²) in [4.78, 5) is 21.6. The Kier molecular flexibility index (Phi) is 7.96. The molecule has 2 fully saturated rings. The summed E-state index contributed by atoms with van der Waals surface area (Å²) >= 11 is 1.67. The van der Waals surface area contributed by atoms with E-state index in [2.05, 4.69) is 35.3 Å². The average Bonchev–Trinajstić information content (AvgIpc) is 3.35. The Morgan fingerprint density at radius 3 is 2.56 bits per heavy atom. The van der Waals surface area contributed by atoms with Crippen molar-refractivity contribution < 1.29 is 22.7 Å². The highest BCUT2D eigenvalue weighted by molar-refractivity contribution is 7.22. The van der Waals surface area contributed by atoms with Crippen LogP contribution in [0.4, 0.5) is 24.0 Å². The highest BCUT2D eigenvalue weighted by Gasteiger charge is 2.34. The molecule has 39 heavy (non-hydrogen) atoms. The molecule has 7 nitrogen and oxygen atoms in total. The fourth-order valence-electron chi connectivity index (χ4n) is 5.16. The predicted molar refractivity (Wildman–Crippen MR) is 145 cm³/mol. The van der Waals surface area contributed by atoms with E-state index in [0.717, 1.165) is 60.2 Å². The summed E-state index contributed by atoms with van der Waals surface area (Å²) in [5.41, 5.74) is 1.23. The molecule has 0 spiro atoms. The van der Waals surface area contributed by atoms with Crippen LogP contribution < -0.4 is 10.2 Å². The Hall–Kier alpha value is -3.36. The highest BCUT2D eigenvalue weighted by Crippen LogP contribution is 2.34. The number of ether oxygens (including phenoxy) is 1. The second-order valence-corrected chi connectivity index (χ2v) is 11.1. The monoisotopic (exact) mass is 557 g/mol. The first-order valence-corrected chi connectivity index (χ1v) is 13.9. The number of hydrogen-bond acceptors (Lipinski definition) is 7. The number of alkyl halides is 3. The lowest BCUT2D eigenvalue weighted by atomic mass is 9.92. The molecule has 1 aliphatic heterocycles. The van der Waals surface area contributed by atoms with Crippen molar-refractivity contribution >= 4 is 38.3 Å². The van der Waals surface area contributed by atoms with Crippen LogP contribution in [0, 0.1) is 18.3 Å². The number of benzene rings is 2. The summed E-state index contributed by atoms with van der Waals surface area (Å²) in [7, 11) is 0. The van der Waals surface area contributed by atoms with Gasteiger partial charge in [-0.25, -0.2) is 4.98 Å². The zero-order valence-electron chi connectivity index (χ0n) is 21.6. The fourth-order valence-corrected chi connectivity index (χ4v) is 6.16. The van der Waals surface area contributed by atoms with E-state index in [1.54, 1.807) is 17.4 Å². The summed E-state index contributed by atoms with van der Waals surface area (Å²) in [5, 5.41) is 13.1. The van der Waals surface area contributed by atoms with E-state index in [0.29, 0.717) is 18.8 Å². The molecule has 1 saturated heterocycles. The number of fused-ring (bicyclic) bond motifs is 1. The lowest BCUT2D eigenvalue weighted by Gasteiger charge is -2.35. The molecular weight excluding hydrogens is 527 g/mol. The Morgan fingerprint density at radius 2 is 1.87 bits per heavy atom. The van der Waals surface area contributed by atoms with Gasteiger partial charge < -0.3 is 19.9 Å². The number of aromatic nitrogens is 1. The van der Waals surface area contributed by atoms with Crippen LogP contribution in [0.3, 0.4) is 0 Å². The molecule has 5 rings (SSSR count). The van der Waals surface area contributed by atoms with Crippen molar-refractivity contribution in [2.75, 3.05) is 43.0 Å². The Labute approximate surface area is 229 Å². The lowest BCUT2D eigenvalue weighted by Crippen LogP contribution is -2.50. The molecule has 0 bridgehead atoms. The predicted octanol–water partition coefficient (Wildman–Crippen LogP) is 5.58. The van der Waals surface area contributed by atoms with E-state index in [-0.39, 0.29) is 30.2 Å². The number of carbonyl (C=O) groups excluding carboxylic acids is 1. The van der Waals surface area contributed by atoms with Crippen LogP contribution in [0.5, 0.6) is 0 Å². The molecule has 1 amide bonds. The van der Waals surface area contributed by atoms with Crippen LogP contribution in [0.25, 0.3) is 10.2 Å². The third-order valence-corrected chi connectivity index (χ3v) is 8.46. The maximum absolute atomic E-state index is 13.2. The van der Waals surface area contributed by atoms with Gasteiger partial charge in [0.1, 0.15) is 6.61 Å². The molecule has 1 N–H and O–H groups in total. The topological polar surface area (TPSA) is 81.5 Å². The number of nitriles is 1. The standard InChI is InChI=1S/C28H30F3N5O2S/c1-18-2-9-25-24(14-18)34-27(39-25)36-12-10-35(11-13-36)26(37)17-38-22-7-5-20(6-8-22)33-21-4-3-19(16-32)23(15-21)28(29,30)31/h2-4,9,14-15,20,22,33H,5-8,10-13,17H2,1H3/t20-,22-. The van der Waals surface area contributed by atoms with Gasteiger partial charge in [-0.3, -0.25) is 4.79 Å². The number of nitrogens with zero attached hydrogens (tertiary/aromatic N) is 4. The number of anilines is 2. The average molecular weight is 558 g/mol. The summed E-state index contributed by atoms with van der Waals surface area (Å²) in [6.07, 6.45) is -1.74. The molecule has 2 aliphatic rings. The molecule has 0 radical (unpaired) electrons. The lowest BCUT2D eigenvalue weighted by molar-refractivity contribution is -0.139. The van der Waals surface area contributed by atoms with Gasteiger partial charge in [-0.15, -0.1) is 0 Å². The molecule has 1 saturated carbocycles. The van der Waals surface area contributed by atoms with E-state index < -0.39 is 11.7 Å². The van der Waals surface area contributed by atoms with Gasteiger partial charge in [-0.2, -0.15) is 18.4 Å². The molecule has 2 heterocycles. The third kappa shape index (κ3) is 6.45. The maximum Gasteiger partial charge on any atom is 0.417 e. The van der Waals surface area contributed by atoms with Crippen molar-refractivity contribution in [3.8, 4) is 6.07 Å². The van der Waals surface area contributed by atoms with Gasteiger partial charge in [0.25, 0.3) is 0 Å². The van der Waals surface area contributed by atoms with Crippen LogP contribution in [-0.2, 0) is 15.7 Å². The van der Waals surface area contributed by atoms with Crippen molar-refractivity contribution in [3.05, 3.63) is 53.1 Å². The Morgan fingerprint density at radius 1 is 1.13 bits per heavy atom. The molecule has 0 unspecified atom stereocenters. The van der Waals surface area contributed by atoms with Crippen molar-refractivity contribution in [2.45, 2.75) is 50.9 Å². The maximum atomic E-state index is 13.2. The number of piperazine rings is 1. The number of nitrogens with one attached hydrogen (secondary N) is 1. The van der Waals surface area contributed by atoms with Crippen molar-refractivity contribution in [1.82, 2.24) is 9.88 Å². The van der Waals surface area contributed by atoms with Crippen LogP contribution >= 0.6 is 11.3 Å². The van der Waals surface area contributed by atoms with Gasteiger partial charge in [0.2, 0.25) is 5.91 Å². The van der Waals surface area contributed by atoms with E-state index in [1.165, 1.54) is 17.7 Å². The van der Waals surface area contributed by atoms with Crippen LogP contribution in [0.15, 0.2) is 36.4 Å². The SMILES string of the molecule is Cc1ccc2sc(N3CCN(C(=O)CO[C@H]4CC[C@H](Nc5ccc(C#N)c(C(F)(F)F)c5)CC4)CC3)nc2c1. The minimum Gasteiger partial charge on any atom is -0.382 e. The fraction of sp³-hybridized carbons (Fsp3) is 0.464. The molecule has 0 atom stereocenters. The quantitative estimate of drug-likeness (QED) is 0.426. The van der Waals surface area contributed by atoms with Gasteiger partial charge in [0, 0.05) is 37.9 Å². The molecule has 11 heteroatoms. The molecule has 206 valence electrons. The summed E-state index contributed by atoms with van der Waals surface area (Å²) < 4.78 is 46.8. The van der Waals surface area contributed by atoms with Crippen LogP contribution in [0.1, 0.15) is 42.4 Å². The minimum absolute atomic E-state index is 0.00840. The molecule has 2 aromatic carbocycles. The zero-order valence-corrected chi connectivity index (χ0v) is 22.4. The van der Waals surface area contributed by atoms with Crippen molar-refractivity contribution in [1.29, 1.82) is 5.26 Å². The first-order chi connectivity index (χ1) is 18.7. The second-order valence-electron chi connectivity index (χ2n) is 10.1. The number of amides is 1. The van der Waals surface area contributed by atoms with Crippen molar-refractivity contribution in [3.63, 3.8) is 0 Å². The zero-order chi connectivity index (χ0) is 27.6. The number of aryl methyl sites for hydroxylation is 1. The number of rotatable bonds is 6. The number of carbonyl (C=O) groups is 1. The minimum atomic E-state index is -4.58. The smallest absolute Gasteiger partial charge is 0.382 e. The van der Waals surface area contributed by atoms with Crippen molar-refractivity contribution in [2.24, 2.45) is 0 Å². The van der Waals surface area contributed by atoms with E-state index in [9.17, 15) is 18.0 Å². The third-order valence-electron chi connectivity index (χ3n) is 7.37. The van der Waals surface area contributed by atoms with Gasteiger partial charge in [-0.1, -0.05) is 17.4 Å². The number of hydrogen-bond donors (Lipinski definition) is 1. The molecule has 3 aromatic rings. The van der Waals surface area contributed by atoms with E-state index in [4.69, 9.17) is 15.0 Å².